The van der Waals surface area contributed by atoms with Crippen molar-refractivity contribution < 1.29 is 23.8 Å². The second-order valence-corrected chi connectivity index (χ2v) is 12.5. The monoisotopic (exact) mass is 521 g/mol. The van der Waals surface area contributed by atoms with Crippen LogP contribution in [-0.2, 0) is 23.8 Å². The van der Waals surface area contributed by atoms with Gasteiger partial charge in [0.15, 0.2) is 0 Å². The lowest BCUT2D eigenvalue weighted by molar-refractivity contribution is -0.281. The van der Waals surface area contributed by atoms with Gasteiger partial charge in [0.05, 0.1) is 18.6 Å². The van der Waals surface area contributed by atoms with Crippen molar-refractivity contribution in [3.8, 4) is 0 Å². The third kappa shape index (κ3) is 7.06. The van der Waals surface area contributed by atoms with Crippen LogP contribution in [0.3, 0.4) is 0 Å². The van der Waals surface area contributed by atoms with E-state index in [9.17, 15) is 9.59 Å². The normalized spacial score (nSPS) is 29.1. The Labute approximate surface area is 224 Å². The van der Waals surface area contributed by atoms with Crippen LogP contribution in [0, 0.1) is 5.92 Å². The molecule has 1 unspecified atom stereocenters. The topological polar surface area (TPSA) is 71.5 Å². The third-order valence-corrected chi connectivity index (χ3v) is 8.66. The summed E-state index contributed by atoms with van der Waals surface area (Å²) in [5.41, 5.74) is -0.600. The van der Waals surface area contributed by atoms with Crippen molar-refractivity contribution >= 4 is 11.9 Å². The summed E-state index contributed by atoms with van der Waals surface area (Å²) in [5.74, 6) is -1.65. The molecule has 37 heavy (non-hydrogen) atoms. The zero-order valence-corrected chi connectivity index (χ0v) is 23.8. The van der Waals surface area contributed by atoms with Gasteiger partial charge in [0.1, 0.15) is 5.60 Å². The van der Waals surface area contributed by atoms with E-state index in [2.05, 4.69) is 14.7 Å². The SMILES string of the molecule is CCOC(=O)[C@H]1CC[C@H](OC(C(=O)OC(C)(C)C)(N2CCCC2)N2CCN(C3CCCCC3)CC2)CC1. The molecule has 4 aliphatic rings. The van der Waals surface area contributed by atoms with E-state index in [4.69, 9.17) is 14.2 Å². The molecule has 0 N–H and O–H groups in total. The van der Waals surface area contributed by atoms with Crippen LogP contribution < -0.4 is 0 Å². The number of esters is 2. The number of hydrogen-bond acceptors (Lipinski definition) is 8. The van der Waals surface area contributed by atoms with Gasteiger partial charge in [-0.2, -0.15) is 0 Å². The highest BCUT2D eigenvalue weighted by atomic mass is 16.6. The van der Waals surface area contributed by atoms with Gasteiger partial charge in [0, 0.05) is 45.3 Å². The maximum Gasteiger partial charge on any atom is 0.371 e. The summed E-state index contributed by atoms with van der Waals surface area (Å²) in [6.45, 7) is 13.3. The lowest BCUT2D eigenvalue weighted by Crippen LogP contribution is -2.71. The predicted molar refractivity (Wildman–Crippen MR) is 143 cm³/mol. The summed E-state index contributed by atoms with van der Waals surface area (Å²) < 4.78 is 18.4. The van der Waals surface area contributed by atoms with Gasteiger partial charge < -0.3 is 14.2 Å². The van der Waals surface area contributed by atoms with Gasteiger partial charge in [-0.1, -0.05) is 19.3 Å². The molecular formula is C29H51N3O5. The number of piperazine rings is 1. The molecule has 0 aromatic heterocycles. The first-order valence-electron chi connectivity index (χ1n) is 15.0. The molecule has 0 radical (unpaired) electrons. The Morgan fingerprint density at radius 3 is 1.92 bits per heavy atom. The minimum Gasteiger partial charge on any atom is -0.466 e. The van der Waals surface area contributed by atoms with E-state index in [1.165, 1.54) is 32.1 Å². The molecule has 212 valence electrons. The van der Waals surface area contributed by atoms with Crippen LogP contribution in [0.5, 0.6) is 0 Å². The van der Waals surface area contributed by atoms with Gasteiger partial charge in [0.2, 0.25) is 0 Å². The number of hydrogen-bond donors (Lipinski definition) is 0. The molecule has 4 fully saturated rings. The molecule has 0 bridgehead atoms. The van der Waals surface area contributed by atoms with Crippen LogP contribution >= 0.6 is 0 Å². The van der Waals surface area contributed by atoms with E-state index in [1.807, 2.05) is 27.7 Å². The molecule has 8 heteroatoms. The average molecular weight is 522 g/mol. The van der Waals surface area contributed by atoms with Gasteiger partial charge in [0.25, 0.3) is 5.85 Å². The Balaban J connectivity index is 1.53. The Morgan fingerprint density at radius 2 is 1.35 bits per heavy atom. The number of carbonyl (C=O) groups excluding carboxylic acids is 2. The van der Waals surface area contributed by atoms with E-state index in [0.29, 0.717) is 12.6 Å². The fourth-order valence-corrected chi connectivity index (χ4v) is 6.77. The third-order valence-electron chi connectivity index (χ3n) is 8.66. The zero-order chi connectivity index (χ0) is 26.5. The molecule has 2 saturated carbocycles. The second-order valence-electron chi connectivity index (χ2n) is 12.5. The first kappa shape index (κ1) is 28.8. The number of carbonyl (C=O) groups is 2. The molecule has 8 nitrogen and oxygen atoms in total. The lowest BCUT2D eigenvalue weighted by Gasteiger charge is -2.52. The van der Waals surface area contributed by atoms with Crippen LogP contribution in [0.1, 0.15) is 98.3 Å². The number of rotatable bonds is 8. The molecule has 2 aliphatic carbocycles. The van der Waals surface area contributed by atoms with Crippen LogP contribution in [-0.4, -0.2) is 96.1 Å². The van der Waals surface area contributed by atoms with Crippen molar-refractivity contribution in [2.75, 3.05) is 45.9 Å². The minimum absolute atomic E-state index is 0.0680. The summed E-state index contributed by atoms with van der Waals surface area (Å²) in [6.07, 6.45) is 11.6. The fraction of sp³-hybridized carbons (Fsp3) is 0.931. The first-order valence-corrected chi connectivity index (χ1v) is 15.0. The first-order chi connectivity index (χ1) is 17.7. The fourth-order valence-electron chi connectivity index (χ4n) is 6.77. The van der Waals surface area contributed by atoms with Crippen molar-refractivity contribution in [3.05, 3.63) is 0 Å². The molecule has 2 saturated heterocycles. The zero-order valence-electron chi connectivity index (χ0n) is 23.8. The Hall–Kier alpha value is -1.22. The molecule has 4 rings (SSSR count). The van der Waals surface area contributed by atoms with E-state index in [1.54, 1.807) is 0 Å². The van der Waals surface area contributed by atoms with E-state index < -0.39 is 11.4 Å². The largest absolute Gasteiger partial charge is 0.466 e. The van der Waals surface area contributed by atoms with Gasteiger partial charge in [-0.15, -0.1) is 0 Å². The Bertz CT molecular complexity index is 743. The quantitative estimate of drug-likeness (QED) is 0.441. The highest BCUT2D eigenvalue weighted by molar-refractivity contribution is 5.79. The maximum atomic E-state index is 14.2. The van der Waals surface area contributed by atoms with Gasteiger partial charge in [-0.3, -0.25) is 19.5 Å². The van der Waals surface area contributed by atoms with Crippen molar-refractivity contribution in [3.63, 3.8) is 0 Å². The standard InChI is InChI=1S/C29H51N3O5/c1-5-35-26(33)23-13-15-25(16-14-23)36-29(31-17-9-10-18-31,27(34)37-28(2,3)4)32-21-19-30(20-22-32)24-11-7-6-8-12-24/h23-25H,5-22H2,1-4H3/t23-,25-,29?. The predicted octanol–water partition coefficient (Wildman–Crippen LogP) is 4.17. The maximum absolute atomic E-state index is 14.2. The van der Waals surface area contributed by atoms with Gasteiger partial charge in [-0.05, 0) is 79.1 Å². The molecule has 0 aromatic carbocycles. The van der Waals surface area contributed by atoms with E-state index in [0.717, 1.165) is 77.8 Å². The summed E-state index contributed by atoms with van der Waals surface area (Å²) in [6, 6.07) is 0.678. The molecule has 2 aliphatic heterocycles. The number of ether oxygens (including phenoxy) is 3. The smallest absolute Gasteiger partial charge is 0.371 e. The molecular weight excluding hydrogens is 470 g/mol. The number of nitrogens with zero attached hydrogens (tertiary/aromatic N) is 3. The summed E-state index contributed by atoms with van der Waals surface area (Å²) in [7, 11) is 0. The number of likely N-dealkylation sites (tertiary alicyclic amines) is 1. The Kier molecular flexibility index (Phi) is 9.92. The van der Waals surface area contributed by atoms with Crippen molar-refractivity contribution in [2.45, 2.75) is 122 Å². The minimum atomic E-state index is -1.20. The molecule has 0 amide bonds. The molecule has 0 aromatic rings. The summed E-state index contributed by atoms with van der Waals surface area (Å²) in [5, 5.41) is 0. The van der Waals surface area contributed by atoms with Crippen molar-refractivity contribution in [2.24, 2.45) is 5.92 Å². The van der Waals surface area contributed by atoms with Crippen LogP contribution in [0.15, 0.2) is 0 Å². The second kappa shape index (κ2) is 12.8. The van der Waals surface area contributed by atoms with Gasteiger partial charge in [-0.25, -0.2) is 4.79 Å². The van der Waals surface area contributed by atoms with E-state index in [-0.39, 0.29) is 24.0 Å². The highest BCUT2D eigenvalue weighted by Gasteiger charge is 2.56. The van der Waals surface area contributed by atoms with Crippen molar-refractivity contribution in [1.29, 1.82) is 0 Å². The van der Waals surface area contributed by atoms with Gasteiger partial charge >= 0.3 is 11.9 Å². The Morgan fingerprint density at radius 1 is 0.757 bits per heavy atom. The highest BCUT2D eigenvalue weighted by Crippen LogP contribution is 2.37. The molecule has 0 spiro atoms. The average Bonchev–Trinajstić information content (AvgIpc) is 3.43. The van der Waals surface area contributed by atoms with E-state index >= 15 is 0 Å². The summed E-state index contributed by atoms with van der Waals surface area (Å²) >= 11 is 0. The van der Waals surface area contributed by atoms with Crippen LogP contribution in [0.2, 0.25) is 0 Å². The molecule has 2 heterocycles. The lowest BCUT2D eigenvalue weighted by atomic mass is 9.87. The molecule has 1 atom stereocenters. The van der Waals surface area contributed by atoms with Crippen molar-refractivity contribution in [1.82, 2.24) is 14.7 Å². The van der Waals surface area contributed by atoms with Crippen LogP contribution in [0.25, 0.3) is 0 Å². The van der Waals surface area contributed by atoms with Crippen LogP contribution in [0.4, 0.5) is 0 Å². The summed E-state index contributed by atoms with van der Waals surface area (Å²) in [4.78, 5) is 33.6.